The van der Waals surface area contributed by atoms with E-state index in [0.717, 1.165) is 24.0 Å². The maximum absolute atomic E-state index is 13.1. The number of aryl methyl sites for hydroxylation is 4. The van der Waals surface area contributed by atoms with Gasteiger partial charge in [-0.3, -0.25) is 9.52 Å². The van der Waals surface area contributed by atoms with E-state index in [1.807, 2.05) is 51.1 Å². The van der Waals surface area contributed by atoms with Crippen molar-refractivity contribution in [1.29, 1.82) is 0 Å². The van der Waals surface area contributed by atoms with Crippen molar-refractivity contribution in [1.82, 2.24) is 5.32 Å². The maximum atomic E-state index is 13.1. The Bertz CT molecular complexity index is 1200. The molecule has 0 aromatic heterocycles. The first kappa shape index (κ1) is 23.5. The van der Waals surface area contributed by atoms with Crippen LogP contribution in [0.2, 0.25) is 0 Å². The summed E-state index contributed by atoms with van der Waals surface area (Å²) in [5, 5.41) is 2.98. The third-order valence-electron chi connectivity index (χ3n) is 5.45. The molecule has 0 radical (unpaired) electrons. The number of benzene rings is 3. The van der Waals surface area contributed by atoms with Crippen LogP contribution >= 0.6 is 0 Å². The minimum absolute atomic E-state index is 0.0441. The predicted octanol–water partition coefficient (Wildman–Crippen LogP) is 5.16. The molecule has 3 aromatic rings. The Kier molecular flexibility index (Phi) is 7.36. The first-order chi connectivity index (χ1) is 15.2. The molecule has 6 heteroatoms. The van der Waals surface area contributed by atoms with Crippen LogP contribution in [-0.4, -0.2) is 20.4 Å². The average Bonchev–Trinajstić information content (AvgIpc) is 2.75. The quantitative estimate of drug-likeness (QED) is 0.497. The fourth-order valence-electron chi connectivity index (χ4n) is 3.57. The molecular weight excluding hydrogens is 420 g/mol. The molecule has 0 fully saturated rings. The lowest BCUT2D eigenvalue weighted by Gasteiger charge is -2.16. The Morgan fingerprint density at radius 2 is 1.62 bits per heavy atom. The monoisotopic (exact) mass is 450 g/mol. The van der Waals surface area contributed by atoms with Crippen molar-refractivity contribution in [3.8, 4) is 0 Å². The molecule has 0 aliphatic carbocycles. The number of carbonyl (C=O) groups is 1. The Balaban J connectivity index is 1.73. The van der Waals surface area contributed by atoms with Crippen molar-refractivity contribution < 1.29 is 13.2 Å². The van der Waals surface area contributed by atoms with Gasteiger partial charge in [0.15, 0.2) is 0 Å². The average molecular weight is 451 g/mol. The van der Waals surface area contributed by atoms with E-state index in [1.165, 1.54) is 11.6 Å². The SMILES string of the molecule is Cc1ccc(NS(=O)(=O)c2cc(C(=O)N[C@H](C)CCc3ccccc3)ccc2C)c(C)c1. The van der Waals surface area contributed by atoms with Gasteiger partial charge in [-0.2, -0.15) is 0 Å². The fraction of sp³-hybridized carbons (Fsp3) is 0.269. The van der Waals surface area contributed by atoms with Crippen molar-refractivity contribution in [3.63, 3.8) is 0 Å². The second kappa shape index (κ2) is 10.0. The van der Waals surface area contributed by atoms with E-state index in [9.17, 15) is 13.2 Å². The molecular formula is C26H30N2O3S. The molecule has 0 saturated heterocycles. The van der Waals surface area contributed by atoms with E-state index in [2.05, 4.69) is 22.2 Å². The van der Waals surface area contributed by atoms with Gasteiger partial charge < -0.3 is 5.32 Å². The van der Waals surface area contributed by atoms with E-state index in [1.54, 1.807) is 25.1 Å². The lowest BCUT2D eigenvalue weighted by molar-refractivity contribution is 0.0938. The van der Waals surface area contributed by atoms with Crippen LogP contribution in [-0.2, 0) is 16.4 Å². The number of rotatable bonds is 8. The normalized spacial score (nSPS) is 12.2. The van der Waals surface area contributed by atoms with Gasteiger partial charge in [-0.25, -0.2) is 8.42 Å². The third-order valence-corrected chi connectivity index (χ3v) is 6.96. The van der Waals surface area contributed by atoms with Gasteiger partial charge in [-0.15, -0.1) is 0 Å². The largest absolute Gasteiger partial charge is 0.350 e. The topological polar surface area (TPSA) is 75.3 Å². The van der Waals surface area contributed by atoms with Gasteiger partial charge in [-0.05, 0) is 75.4 Å². The van der Waals surface area contributed by atoms with Gasteiger partial charge in [0.2, 0.25) is 0 Å². The predicted molar refractivity (Wildman–Crippen MR) is 130 cm³/mol. The van der Waals surface area contributed by atoms with Crippen molar-refractivity contribution in [2.75, 3.05) is 4.72 Å². The van der Waals surface area contributed by atoms with Crippen LogP contribution in [0.5, 0.6) is 0 Å². The van der Waals surface area contributed by atoms with E-state index in [4.69, 9.17) is 0 Å². The van der Waals surface area contributed by atoms with Crippen LogP contribution in [0.4, 0.5) is 5.69 Å². The van der Waals surface area contributed by atoms with Crippen LogP contribution in [0.15, 0.2) is 71.6 Å². The molecule has 1 amide bonds. The number of anilines is 1. The highest BCUT2D eigenvalue weighted by Gasteiger charge is 2.20. The molecule has 1 atom stereocenters. The maximum Gasteiger partial charge on any atom is 0.262 e. The molecule has 5 nitrogen and oxygen atoms in total. The summed E-state index contributed by atoms with van der Waals surface area (Å²) in [5.41, 5.74) is 4.54. The van der Waals surface area contributed by atoms with Crippen molar-refractivity contribution >= 4 is 21.6 Å². The third kappa shape index (κ3) is 5.98. The summed E-state index contributed by atoms with van der Waals surface area (Å²) in [7, 11) is -3.84. The number of hydrogen-bond acceptors (Lipinski definition) is 3. The lowest BCUT2D eigenvalue weighted by Crippen LogP contribution is -2.33. The molecule has 0 spiro atoms. The zero-order valence-electron chi connectivity index (χ0n) is 19.0. The van der Waals surface area contributed by atoms with Gasteiger partial charge in [0.25, 0.3) is 15.9 Å². The zero-order chi connectivity index (χ0) is 23.3. The molecule has 0 aliphatic heterocycles. The van der Waals surface area contributed by atoms with E-state index in [0.29, 0.717) is 16.8 Å². The molecule has 0 unspecified atom stereocenters. The number of sulfonamides is 1. The highest BCUT2D eigenvalue weighted by atomic mass is 32.2. The highest BCUT2D eigenvalue weighted by molar-refractivity contribution is 7.92. The Morgan fingerprint density at radius 1 is 0.906 bits per heavy atom. The Hall–Kier alpha value is -3.12. The van der Waals surface area contributed by atoms with Crippen LogP contribution in [0, 0.1) is 20.8 Å². The summed E-state index contributed by atoms with van der Waals surface area (Å²) >= 11 is 0. The molecule has 2 N–H and O–H groups in total. The van der Waals surface area contributed by atoms with Gasteiger partial charge in [0.05, 0.1) is 10.6 Å². The van der Waals surface area contributed by atoms with Crippen molar-refractivity contribution in [2.24, 2.45) is 0 Å². The van der Waals surface area contributed by atoms with Gasteiger partial charge in [-0.1, -0.05) is 54.1 Å². The summed E-state index contributed by atoms with van der Waals surface area (Å²) in [4.78, 5) is 12.9. The molecule has 32 heavy (non-hydrogen) atoms. The highest BCUT2D eigenvalue weighted by Crippen LogP contribution is 2.23. The Morgan fingerprint density at radius 3 is 2.31 bits per heavy atom. The van der Waals surface area contributed by atoms with Crippen LogP contribution in [0.3, 0.4) is 0 Å². The molecule has 3 rings (SSSR count). The summed E-state index contributed by atoms with van der Waals surface area (Å²) in [6.45, 7) is 7.49. The van der Waals surface area contributed by atoms with Crippen LogP contribution < -0.4 is 10.0 Å². The first-order valence-electron chi connectivity index (χ1n) is 10.7. The molecule has 168 valence electrons. The standard InChI is InChI=1S/C26H30N2O3S/c1-18-10-15-24(20(3)16-18)28-32(30,31)25-17-23(14-11-19(25)2)26(29)27-21(4)12-13-22-8-6-5-7-9-22/h5-11,14-17,21,28H,12-13H2,1-4H3,(H,27,29)/t21-/m1/s1. The smallest absolute Gasteiger partial charge is 0.262 e. The fourth-order valence-corrected chi connectivity index (χ4v) is 4.97. The molecule has 0 saturated carbocycles. The second-order valence-electron chi connectivity index (χ2n) is 8.30. The van der Waals surface area contributed by atoms with Gasteiger partial charge in [0, 0.05) is 11.6 Å². The van der Waals surface area contributed by atoms with Crippen LogP contribution in [0.1, 0.15) is 46.0 Å². The van der Waals surface area contributed by atoms with E-state index < -0.39 is 10.0 Å². The lowest BCUT2D eigenvalue weighted by atomic mass is 10.1. The molecule has 0 heterocycles. The summed E-state index contributed by atoms with van der Waals surface area (Å²) in [6.07, 6.45) is 1.65. The van der Waals surface area contributed by atoms with Crippen LogP contribution in [0.25, 0.3) is 0 Å². The van der Waals surface area contributed by atoms with Crippen molar-refractivity contribution in [3.05, 3.63) is 94.5 Å². The van der Waals surface area contributed by atoms with E-state index in [-0.39, 0.29) is 16.8 Å². The Labute approximate surface area is 190 Å². The van der Waals surface area contributed by atoms with Crippen molar-refractivity contribution in [2.45, 2.75) is 51.5 Å². The molecule has 0 bridgehead atoms. The summed E-state index contributed by atoms with van der Waals surface area (Å²) < 4.78 is 28.8. The number of hydrogen-bond donors (Lipinski definition) is 2. The minimum atomic E-state index is -3.84. The second-order valence-corrected chi connectivity index (χ2v) is 9.95. The minimum Gasteiger partial charge on any atom is -0.350 e. The molecule has 0 aliphatic rings. The van der Waals surface area contributed by atoms with E-state index >= 15 is 0 Å². The number of amides is 1. The van der Waals surface area contributed by atoms with Gasteiger partial charge in [0.1, 0.15) is 0 Å². The first-order valence-corrected chi connectivity index (χ1v) is 12.2. The van der Waals surface area contributed by atoms with Gasteiger partial charge >= 0.3 is 0 Å². The summed E-state index contributed by atoms with van der Waals surface area (Å²) in [6, 6.07) is 20.4. The molecule has 3 aromatic carbocycles. The summed E-state index contributed by atoms with van der Waals surface area (Å²) in [5.74, 6) is -0.284. The number of carbonyl (C=O) groups excluding carboxylic acids is 1. The number of nitrogens with one attached hydrogen (secondary N) is 2. The zero-order valence-corrected chi connectivity index (χ0v) is 19.8.